The van der Waals surface area contributed by atoms with Crippen molar-refractivity contribution in [1.29, 1.82) is 0 Å². The molecule has 8 heteroatoms. The third kappa shape index (κ3) is 5.97. The van der Waals surface area contributed by atoms with E-state index in [1.165, 1.54) is 20.3 Å². The molecule has 0 aromatic heterocycles. The van der Waals surface area contributed by atoms with Crippen LogP contribution >= 0.6 is 0 Å². The number of hydrogen-bond donors (Lipinski definition) is 1. The van der Waals surface area contributed by atoms with Gasteiger partial charge >= 0.3 is 11.9 Å². The van der Waals surface area contributed by atoms with Crippen molar-refractivity contribution < 1.29 is 33.3 Å². The second-order valence-electron chi connectivity index (χ2n) is 5.88. The summed E-state index contributed by atoms with van der Waals surface area (Å²) in [4.78, 5) is 36.1. The van der Waals surface area contributed by atoms with Crippen molar-refractivity contribution in [3.8, 4) is 11.5 Å². The van der Waals surface area contributed by atoms with Gasteiger partial charge in [-0.3, -0.25) is 4.79 Å². The topological polar surface area (TPSA) is 100 Å². The van der Waals surface area contributed by atoms with E-state index in [0.717, 1.165) is 6.42 Å². The average molecular weight is 401 g/mol. The van der Waals surface area contributed by atoms with Gasteiger partial charge in [0.2, 0.25) is 0 Å². The molecule has 8 nitrogen and oxygen atoms in total. The minimum Gasteiger partial charge on any atom is -0.493 e. The molecule has 2 aromatic rings. The van der Waals surface area contributed by atoms with Crippen molar-refractivity contribution in [2.75, 3.05) is 32.8 Å². The van der Waals surface area contributed by atoms with Gasteiger partial charge in [-0.05, 0) is 42.8 Å². The standard InChI is InChI=1S/C21H23NO7/c1-4-12-28-20(24)14-8-10-15(11-9-14)22-18(23)13-29-21(25)16-6-5-7-17(26-2)19(16)27-3/h5-11H,4,12-13H2,1-3H3,(H,22,23). The highest BCUT2D eigenvalue weighted by molar-refractivity contribution is 5.97. The molecule has 0 aliphatic heterocycles. The molecular formula is C21H23NO7. The molecular weight excluding hydrogens is 378 g/mol. The number of esters is 2. The SMILES string of the molecule is CCCOC(=O)c1ccc(NC(=O)COC(=O)c2cccc(OC)c2OC)cc1. The van der Waals surface area contributed by atoms with E-state index in [-0.39, 0.29) is 11.3 Å². The maximum absolute atomic E-state index is 12.3. The van der Waals surface area contributed by atoms with E-state index in [2.05, 4.69) is 5.32 Å². The number of benzene rings is 2. The van der Waals surface area contributed by atoms with Gasteiger partial charge in [-0.25, -0.2) is 9.59 Å². The Morgan fingerprint density at radius 1 is 0.897 bits per heavy atom. The molecule has 0 saturated heterocycles. The van der Waals surface area contributed by atoms with E-state index in [0.29, 0.717) is 23.6 Å². The minimum atomic E-state index is -0.718. The lowest BCUT2D eigenvalue weighted by molar-refractivity contribution is -0.119. The van der Waals surface area contributed by atoms with E-state index in [1.807, 2.05) is 6.92 Å². The van der Waals surface area contributed by atoms with Crippen molar-refractivity contribution in [3.05, 3.63) is 53.6 Å². The molecule has 0 heterocycles. The number of methoxy groups -OCH3 is 2. The van der Waals surface area contributed by atoms with Gasteiger partial charge in [0, 0.05) is 5.69 Å². The Labute approximate surface area is 168 Å². The number of amides is 1. The smallest absolute Gasteiger partial charge is 0.342 e. The summed E-state index contributed by atoms with van der Waals surface area (Å²) in [7, 11) is 2.86. The average Bonchev–Trinajstić information content (AvgIpc) is 2.75. The first-order valence-corrected chi connectivity index (χ1v) is 8.95. The van der Waals surface area contributed by atoms with Crippen LogP contribution in [0.2, 0.25) is 0 Å². The van der Waals surface area contributed by atoms with E-state index in [1.54, 1.807) is 36.4 Å². The number of carbonyl (C=O) groups is 3. The van der Waals surface area contributed by atoms with Crippen LogP contribution in [-0.4, -0.2) is 45.3 Å². The Balaban J connectivity index is 1.92. The van der Waals surface area contributed by atoms with Crippen molar-refractivity contribution in [2.45, 2.75) is 13.3 Å². The van der Waals surface area contributed by atoms with Crippen LogP contribution in [0.15, 0.2) is 42.5 Å². The molecule has 0 aliphatic rings. The summed E-state index contributed by atoms with van der Waals surface area (Å²) in [6.45, 7) is 1.77. The fourth-order valence-corrected chi connectivity index (χ4v) is 2.42. The normalized spacial score (nSPS) is 10.0. The lowest BCUT2D eigenvalue weighted by Gasteiger charge is -2.12. The second-order valence-corrected chi connectivity index (χ2v) is 5.88. The van der Waals surface area contributed by atoms with E-state index in [9.17, 15) is 14.4 Å². The zero-order valence-corrected chi connectivity index (χ0v) is 16.5. The third-order valence-electron chi connectivity index (χ3n) is 3.80. The third-order valence-corrected chi connectivity index (χ3v) is 3.80. The zero-order valence-electron chi connectivity index (χ0n) is 16.5. The van der Waals surface area contributed by atoms with Crippen LogP contribution < -0.4 is 14.8 Å². The molecule has 0 saturated carbocycles. The van der Waals surface area contributed by atoms with Gasteiger partial charge in [0.05, 0.1) is 26.4 Å². The highest BCUT2D eigenvalue weighted by Crippen LogP contribution is 2.31. The molecule has 0 unspecified atom stereocenters. The molecule has 0 atom stereocenters. The molecule has 0 bridgehead atoms. The molecule has 2 rings (SSSR count). The second kappa shape index (κ2) is 10.7. The van der Waals surface area contributed by atoms with Gasteiger partial charge in [-0.15, -0.1) is 0 Å². The van der Waals surface area contributed by atoms with Gasteiger partial charge in [0.15, 0.2) is 18.1 Å². The monoisotopic (exact) mass is 401 g/mol. The van der Waals surface area contributed by atoms with E-state index < -0.39 is 24.5 Å². The number of anilines is 1. The van der Waals surface area contributed by atoms with Crippen LogP contribution in [0.1, 0.15) is 34.1 Å². The van der Waals surface area contributed by atoms with Crippen molar-refractivity contribution in [3.63, 3.8) is 0 Å². The fraction of sp³-hybridized carbons (Fsp3) is 0.286. The van der Waals surface area contributed by atoms with Gasteiger partial charge < -0.3 is 24.3 Å². The largest absolute Gasteiger partial charge is 0.493 e. The Hall–Kier alpha value is -3.55. The summed E-state index contributed by atoms with van der Waals surface area (Å²) >= 11 is 0. The summed E-state index contributed by atoms with van der Waals surface area (Å²) in [5, 5.41) is 2.58. The lowest BCUT2D eigenvalue weighted by atomic mass is 10.2. The summed E-state index contributed by atoms with van der Waals surface area (Å²) in [6.07, 6.45) is 0.736. The van der Waals surface area contributed by atoms with Gasteiger partial charge in [0.25, 0.3) is 5.91 Å². The molecule has 1 N–H and O–H groups in total. The quantitative estimate of drug-likeness (QED) is 0.645. The summed E-state index contributed by atoms with van der Waals surface area (Å²) in [5.74, 6) is -1.06. The van der Waals surface area contributed by atoms with Crippen LogP contribution in [0.25, 0.3) is 0 Å². The van der Waals surface area contributed by atoms with Crippen LogP contribution in [0.5, 0.6) is 11.5 Å². The Bertz CT molecular complexity index is 862. The molecule has 29 heavy (non-hydrogen) atoms. The van der Waals surface area contributed by atoms with Gasteiger partial charge in [0.1, 0.15) is 5.56 Å². The van der Waals surface area contributed by atoms with Crippen LogP contribution in [0.3, 0.4) is 0 Å². The first kappa shape index (κ1) is 21.7. The summed E-state index contributed by atoms with van der Waals surface area (Å²) < 4.78 is 20.4. The molecule has 0 radical (unpaired) electrons. The van der Waals surface area contributed by atoms with Crippen molar-refractivity contribution >= 4 is 23.5 Å². The Morgan fingerprint density at radius 2 is 1.62 bits per heavy atom. The Kier molecular flexibility index (Phi) is 8.02. The van der Waals surface area contributed by atoms with E-state index in [4.69, 9.17) is 18.9 Å². The van der Waals surface area contributed by atoms with Crippen LogP contribution in [-0.2, 0) is 14.3 Å². The van der Waals surface area contributed by atoms with E-state index >= 15 is 0 Å². The predicted octanol–water partition coefficient (Wildman–Crippen LogP) is 3.07. The van der Waals surface area contributed by atoms with Crippen LogP contribution in [0.4, 0.5) is 5.69 Å². The van der Waals surface area contributed by atoms with Crippen LogP contribution in [0, 0.1) is 0 Å². The fourth-order valence-electron chi connectivity index (χ4n) is 2.42. The molecule has 1 amide bonds. The predicted molar refractivity (Wildman–Crippen MR) is 105 cm³/mol. The number of hydrogen-bond acceptors (Lipinski definition) is 7. The summed E-state index contributed by atoms with van der Waals surface area (Å²) in [6, 6.07) is 11.0. The molecule has 0 aliphatic carbocycles. The highest BCUT2D eigenvalue weighted by atomic mass is 16.5. The van der Waals surface area contributed by atoms with Crippen molar-refractivity contribution in [2.24, 2.45) is 0 Å². The number of rotatable bonds is 9. The van der Waals surface area contributed by atoms with Gasteiger partial charge in [-0.2, -0.15) is 0 Å². The first-order chi connectivity index (χ1) is 14.0. The highest BCUT2D eigenvalue weighted by Gasteiger charge is 2.18. The minimum absolute atomic E-state index is 0.148. The number of ether oxygens (including phenoxy) is 4. The van der Waals surface area contributed by atoms with Crippen molar-refractivity contribution in [1.82, 2.24) is 0 Å². The number of para-hydroxylation sites is 1. The molecule has 0 spiro atoms. The number of nitrogens with one attached hydrogen (secondary N) is 1. The first-order valence-electron chi connectivity index (χ1n) is 8.95. The Morgan fingerprint density at radius 3 is 2.24 bits per heavy atom. The molecule has 2 aromatic carbocycles. The summed E-state index contributed by atoms with van der Waals surface area (Å²) in [5.41, 5.74) is 0.986. The molecule has 154 valence electrons. The number of carbonyl (C=O) groups excluding carboxylic acids is 3. The maximum Gasteiger partial charge on any atom is 0.342 e. The molecule has 0 fully saturated rings. The zero-order chi connectivity index (χ0) is 21.2. The lowest BCUT2D eigenvalue weighted by Crippen LogP contribution is -2.21. The van der Waals surface area contributed by atoms with Gasteiger partial charge in [-0.1, -0.05) is 13.0 Å². The maximum atomic E-state index is 12.3.